The van der Waals surface area contributed by atoms with Gasteiger partial charge < -0.3 is 10.3 Å². The second-order valence-electron chi connectivity index (χ2n) is 4.33. The molecule has 0 spiro atoms. The lowest BCUT2D eigenvalue weighted by Crippen LogP contribution is -1.87. The van der Waals surface area contributed by atoms with Gasteiger partial charge in [-0.05, 0) is 41.6 Å². The van der Waals surface area contributed by atoms with Gasteiger partial charge in [-0.15, -0.1) is 11.3 Å². The predicted octanol–water partition coefficient (Wildman–Crippen LogP) is 5.27. The molecule has 2 aromatic heterocycles. The zero-order chi connectivity index (χ0) is 14.3. The van der Waals surface area contributed by atoms with Crippen molar-refractivity contribution in [1.29, 1.82) is 0 Å². The molecule has 0 radical (unpaired) electrons. The van der Waals surface area contributed by atoms with Crippen LogP contribution in [0, 0.1) is 6.92 Å². The highest BCUT2D eigenvalue weighted by Gasteiger charge is 2.20. The van der Waals surface area contributed by atoms with Crippen molar-refractivity contribution in [1.82, 2.24) is 5.16 Å². The molecule has 102 valence electrons. The number of hydrogen-bond acceptors (Lipinski definition) is 4. The van der Waals surface area contributed by atoms with Crippen molar-refractivity contribution in [3.63, 3.8) is 0 Å². The van der Waals surface area contributed by atoms with Gasteiger partial charge in [-0.25, -0.2) is 0 Å². The van der Waals surface area contributed by atoms with E-state index in [0.717, 1.165) is 27.3 Å². The molecule has 0 aliphatic rings. The van der Waals surface area contributed by atoms with Crippen LogP contribution in [0.1, 0.15) is 5.56 Å². The topological polar surface area (TPSA) is 52.0 Å². The summed E-state index contributed by atoms with van der Waals surface area (Å²) in [5, 5.41) is 7.06. The summed E-state index contributed by atoms with van der Waals surface area (Å²) < 4.78 is 5.16. The normalized spacial score (nSPS) is 10.9. The number of aromatic nitrogens is 1. The van der Waals surface area contributed by atoms with Gasteiger partial charge >= 0.3 is 0 Å². The van der Waals surface area contributed by atoms with Crippen molar-refractivity contribution in [3.8, 4) is 21.7 Å². The number of nitrogens with zero attached hydrogens (tertiary/aromatic N) is 1. The monoisotopic (exact) mass is 324 g/mol. The zero-order valence-electron chi connectivity index (χ0n) is 10.5. The average Bonchev–Trinajstić information content (AvgIpc) is 2.99. The summed E-state index contributed by atoms with van der Waals surface area (Å²) in [5.74, 6) is 0.270. The van der Waals surface area contributed by atoms with Crippen molar-refractivity contribution in [2.75, 3.05) is 5.73 Å². The molecule has 0 saturated heterocycles. The first kappa shape index (κ1) is 13.5. The van der Waals surface area contributed by atoms with E-state index in [-0.39, 0.29) is 5.88 Å². The highest BCUT2D eigenvalue weighted by Crippen LogP contribution is 2.41. The van der Waals surface area contributed by atoms with Crippen LogP contribution in [0.15, 0.2) is 34.2 Å². The molecule has 3 rings (SSSR count). The third kappa shape index (κ3) is 2.20. The van der Waals surface area contributed by atoms with Gasteiger partial charge in [0.2, 0.25) is 5.88 Å². The lowest BCUT2D eigenvalue weighted by molar-refractivity contribution is 0.439. The largest absolute Gasteiger partial charge is 0.367 e. The van der Waals surface area contributed by atoms with Crippen LogP contribution in [0.5, 0.6) is 0 Å². The first-order valence-electron chi connectivity index (χ1n) is 5.83. The Morgan fingerprint density at radius 1 is 1.20 bits per heavy atom. The summed E-state index contributed by atoms with van der Waals surface area (Å²) in [7, 11) is 0. The number of aryl methyl sites for hydroxylation is 1. The summed E-state index contributed by atoms with van der Waals surface area (Å²) in [6, 6.07) is 7.38. The maximum atomic E-state index is 6.07. The summed E-state index contributed by atoms with van der Waals surface area (Å²) in [4.78, 5) is 1.03. The van der Waals surface area contributed by atoms with Crippen LogP contribution < -0.4 is 5.73 Å². The Labute approximate surface area is 129 Å². The number of anilines is 1. The molecule has 6 heteroatoms. The molecule has 3 aromatic rings. The second-order valence-corrected chi connectivity index (χ2v) is 6.06. The highest BCUT2D eigenvalue weighted by atomic mass is 35.5. The number of nitrogen functional groups attached to an aromatic ring is 1. The second kappa shape index (κ2) is 5.13. The van der Waals surface area contributed by atoms with E-state index < -0.39 is 0 Å². The van der Waals surface area contributed by atoms with E-state index in [0.29, 0.717) is 10.0 Å². The summed E-state index contributed by atoms with van der Waals surface area (Å²) >= 11 is 13.6. The smallest absolute Gasteiger partial charge is 0.230 e. The van der Waals surface area contributed by atoms with Gasteiger partial charge in [-0.1, -0.05) is 34.4 Å². The van der Waals surface area contributed by atoms with Gasteiger partial charge in [-0.2, -0.15) is 0 Å². The van der Waals surface area contributed by atoms with Crippen molar-refractivity contribution in [2.24, 2.45) is 0 Å². The van der Waals surface area contributed by atoms with Crippen molar-refractivity contribution < 1.29 is 4.52 Å². The minimum Gasteiger partial charge on any atom is -0.367 e. The Balaban J connectivity index is 2.21. The molecule has 0 aliphatic heterocycles. The molecule has 3 nitrogen and oxygen atoms in total. The summed E-state index contributed by atoms with van der Waals surface area (Å²) in [6.07, 6.45) is 0. The molecule has 20 heavy (non-hydrogen) atoms. The molecule has 0 saturated carbocycles. The maximum absolute atomic E-state index is 6.07. The number of thiophene rings is 1. The highest BCUT2D eigenvalue weighted by molar-refractivity contribution is 7.13. The Bertz CT molecular complexity index is 779. The van der Waals surface area contributed by atoms with Gasteiger partial charge in [0, 0.05) is 0 Å². The number of benzene rings is 1. The number of rotatable bonds is 2. The molecule has 0 unspecified atom stereocenters. The van der Waals surface area contributed by atoms with Gasteiger partial charge in [-0.3, -0.25) is 0 Å². The van der Waals surface area contributed by atoms with Crippen molar-refractivity contribution in [3.05, 3.63) is 45.3 Å². The maximum Gasteiger partial charge on any atom is 0.230 e. The first-order valence-corrected chi connectivity index (χ1v) is 7.46. The van der Waals surface area contributed by atoms with Gasteiger partial charge in [0.05, 0.1) is 20.5 Å². The fraction of sp³-hybridized carbons (Fsp3) is 0.0714. The van der Waals surface area contributed by atoms with E-state index in [4.69, 9.17) is 33.5 Å². The van der Waals surface area contributed by atoms with Crippen LogP contribution >= 0.6 is 34.5 Å². The van der Waals surface area contributed by atoms with Gasteiger partial charge in [0.1, 0.15) is 5.69 Å². The van der Waals surface area contributed by atoms with Gasteiger partial charge in [0.15, 0.2) is 0 Å². The fourth-order valence-corrected chi connectivity index (χ4v) is 3.21. The standard InChI is InChI=1S/C14H10Cl2N2OS/c1-7-4-5-20-13(7)12-11(14(17)19-18-12)8-2-3-9(15)10(16)6-8/h2-6H,17H2,1H3. The Morgan fingerprint density at radius 3 is 2.65 bits per heavy atom. The average molecular weight is 325 g/mol. The molecule has 0 aliphatic carbocycles. The molecule has 0 bridgehead atoms. The molecule has 2 heterocycles. The van der Waals surface area contributed by atoms with Crippen molar-refractivity contribution in [2.45, 2.75) is 6.92 Å². The molecule has 2 N–H and O–H groups in total. The molecular formula is C14H10Cl2N2OS. The van der Waals surface area contributed by atoms with Crippen LogP contribution in [-0.2, 0) is 0 Å². The Kier molecular flexibility index (Phi) is 3.46. The predicted molar refractivity (Wildman–Crippen MR) is 84.4 cm³/mol. The van der Waals surface area contributed by atoms with Gasteiger partial charge in [0.25, 0.3) is 0 Å². The van der Waals surface area contributed by atoms with Crippen LogP contribution in [0.4, 0.5) is 5.88 Å². The quantitative estimate of drug-likeness (QED) is 0.698. The Hall–Kier alpha value is -1.49. The molecule has 0 atom stereocenters. The van der Waals surface area contributed by atoms with E-state index in [1.165, 1.54) is 0 Å². The van der Waals surface area contributed by atoms with E-state index in [9.17, 15) is 0 Å². The fourth-order valence-electron chi connectivity index (χ4n) is 2.00. The molecular weight excluding hydrogens is 315 g/mol. The SMILES string of the molecule is Cc1ccsc1-c1noc(N)c1-c1ccc(Cl)c(Cl)c1. The zero-order valence-corrected chi connectivity index (χ0v) is 12.8. The number of hydrogen-bond donors (Lipinski definition) is 1. The van der Waals surface area contributed by atoms with Crippen LogP contribution in [0.3, 0.4) is 0 Å². The van der Waals surface area contributed by atoms with E-state index >= 15 is 0 Å². The van der Waals surface area contributed by atoms with E-state index in [1.54, 1.807) is 23.5 Å². The summed E-state index contributed by atoms with van der Waals surface area (Å²) in [5.41, 5.74) is 9.36. The molecule has 1 aromatic carbocycles. The van der Waals surface area contributed by atoms with Crippen LogP contribution in [0.2, 0.25) is 10.0 Å². The van der Waals surface area contributed by atoms with E-state index in [1.807, 2.05) is 24.4 Å². The minimum atomic E-state index is 0.270. The third-order valence-electron chi connectivity index (χ3n) is 3.00. The first-order chi connectivity index (χ1) is 9.58. The Morgan fingerprint density at radius 2 is 2.00 bits per heavy atom. The molecule has 0 amide bonds. The molecule has 0 fully saturated rings. The third-order valence-corrected chi connectivity index (χ3v) is 4.77. The lowest BCUT2D eigenvalue weighted by Gasteiger charge is -2.04. The lowest BCUT2D eigenvalue weighted by atomic mass is 10.0. The van der Waals surface area contributed by atoms with Crippen molar-refractivity contribution >= 4 is 40.4 Å². The van der Waals surface area contributed by atoms with E-state index in [2.05, 4.69) is 5.16 Å². The number of halogens is 2. The van der Waals surface area contributed by atoms with Crippen LogP contribution in [-0.4, -0.2) is 5.16 Å². The number of nitrogens with two attached hydrogens (primary N) is 1. The minimum absolute atomic E-state index is 0.270. The van der Waals surface area contributed by atoms with Crippen LogP contribution in [0.25, 0.3) is 21.7 Å². The summed E-state index contributed by atoms with van der Waals surface area (Å²) in [6.45, 7) is 2.02.